The van der Waals surface area contributed by atoms with E-state index in [1.807, 2.05) is 32.0 Å². The van der Waals surface area contributed by atoms with Crippen molar-refractivity contribution in [2.45, 2.75) is 32.7 Å². The lowest BCUT2D eigenvalue weighted by molar-refractivity contribution is -0.862. The van der Waals surface area contributed by atoms with Crippen molar-refractivity contribution >= 4 is 27.3 Å². The van der Waals surface area contributed by atoms with Crippen LogP contribution in [0.25, 0.3) is 0 Å². The Bertz CT molecular complexity index is 807. The molecule has 1 heterocycles. The van der Waals surface area contributed by atoms with Crippen molar-refractivity contribution < 1.29 is 22.9 Å². The molecule has 0 aromatic heterocycles. The van der Waals surface area contributed by atoms with Gasteiger partial charge in [0.1, 0.15) is 0 Å². The van der Waals surface area contributed by atoms with Crippen molar-refractivity contribution in [1.82, 2.24) is 5.32 Å². The van der Waals surface area contributed by atoms with Crippen LogP contribution >= 0.6 is 0 Å². The highest BCUT2D eigenvalue weighted by Crippen LogP contribution is 2.22. The molecule has 0 saturated carbocycles. The fraction of sp³-hybridized carbons (Fsp3) is 0.556. The molecule has 2 amide bonds. The van der Waals surface area contributed by atoms with Crippen LogP contribution < -0.4 is 15.5 Å². The Labute approximate surface area is 155 Å². The van der Waals surface area contributed by atoms with Gasteiger partial charge in [-0.1, -0.05) is 12.1 Å². The van der Waals surface area contributed by atoms with Gasteiger partial charge in [-0.2, -0.15) is 0 Å². The molecule has 1 saturated heterocycles. The van der Waals surface area contributed by atoms with Gasteiger partial charge in [-0.15, -0.1) is 0 Å². The summed E-state index contributed by atoms with van der Waals surface area (Å²) in [4.78, 5) is 25.2. The topological polar surface area (TPSA) is 96.8 Å². The molecule has 0 radical (unpaired) electrons. The number of sulfone groups is 1. The van der Waals surface area contributed by atoms with Crippen molar-refractivity contribution in [3.63, 3.8) is 0 Å². The second-order valence-corrected chi connectivity index (χ2v) is 9.74. The molecule has 0 spiro atoms. The molecule has 1 aromatic carbocycles. The second kappa shape index (κ2) is 7.75. The standard InChI is InChI=1S/C18H27N3O4S/c1-13-6-5-7-15(14(13)2)19-16(22)10-21(4)11-17(23)20-18(3)8-9-26(24,25)12-18/h5-7H,8-12H2,1-4H3,(H,19,22)(H,20,23)/p+1/t18-/m0/s1. The molecule has 0 bridgehead atoms. The number of carbonyl (C=O) groups excluding carboxylic acids is 2. The Hall–Kier alpha value is -1.93. The van der Waals surface area contributed by atoms with Crippen molar-refractivity contribution in [3.05, 3.63) is 29.3 Å². The molecule has 1 unspecified atom stereocenters. The number of nitrogens with one attached hydrogen (secondary N) is 3. The van der Waals surface area contributed by atoms with Gasteiger partial charge in [0.05, 0.1) is 24.1 Å². The lowest BCUT2D eigenvalue weighted by atomic mass is 10.0. The highest BCUT2D eigenvalue weighted by molar-refractivity contribution is 7.91. The number of benzene rings is 1. The summed E-state index contributed by atoms with van der Waals surface area (Å²) in [6.07, 6.45) is 0.424. The largest absolute Gasteiger partial charge is 0.345 e. The van der Waals surface area contributed by atoms with Gasteiger partial charge in [-0.05, 0) is 44.4 Å². The first-order valence-corrected chi connectivity index (χ1v) is 10.5. The van der Waals surface area contributed by atoms with E-state index in [2.05, 4.69) is 10.6 Å². The van der Waals surface area contributed by atoms with Crippen LogP contribution in [-0.4, -0.2) is 57.4 Å². The first kappa shape index (κ1) is 20.4. The molecule has 2 rings (SSSR count). The summed E-state index contributed by atoms with van der Waals surface area (Å²) >= 11 is 0. The number of hydrogen-bond acceptors (Lipinski definition) is 4. The first-order valence-electron chi connectivity index (χ1n) is 8.68. The van der Waals surface area contributed by atoms with Gasteiger partial charge in [0.2, 0.25) is 0 Å². The average Bonchev–Trinajstić information content (AvgIpc) is 2.76. The van der Waals surface area contributed by atoms with E-state index in [4.69, 9.17) is 0 Å². The van der Waals surface area contributed by atoms with Crippen LogP contribution in [0.4, 0.5) is 5.69 Å². The molecule has 1 aliphatic rings. The minimum Gasteiger partial charge on any atom is -0.345 e. The van der Waals surface area contributed by atoms with Crippen molar-refractivity contribution in [1.29, 1.82) is 0 Å². The number of amides is 2. The Morgan fingerprint density at radius 1 is 1.19 bits per heavy atom. The Kier molecular flexibility index (Phi) is 6.08. The van der Waals surface area contributed by atoms with Gasteiger partial charge in [0, 0.05) is 5.69 Å². The maximum Gasteiger partial charge on any atom is 0.279 e. The maximum atomic E-state index is 12.2. The van der Waals surface area contributed by atoms with Gasteiger partial charge in [-0.25, -0.2) is 8.42 Å². The van der Waals surface area contributed by atoms with Crippen LogP contribution in [0, 0.1) is 13.8 Å². The average molecular weight is 383 g/mol. The number of carbonyl (C=O) groups is 2. The monoisotopic (exact) mass is 382 g/mol. The van der Waals surface area contributed by atoms with Gasteiger partial charge in [-0.3, -0.25) is 9.59 Å². The van der Waals surface area contributed by atoms with E-state index in [1.54, 1.807) is 14.0 Å². The maximum absolute atomic E-state index is 12.2. The van der Waals surface area contributed by atoms with Crippen molar-refractivity contribution in [3.8, 4) is 0 Å². The molecular formula is C18H28N3O4S+. The number of hydrogen-bond donors (Lipinski definition) is 3. The number of quaternary nitrogens is 1. The number of rotatable bonds is 6. The van der Waals surface area contributed by atoms with Gasteiger partial charge >= 0.3 is 0 Å². The number of aryl methyl sites for hydroxylation is 1. The van der Waals surface area contributed by atoms with E-state index in [-0.39, 0.29) is 36.4 Å². The predicted molar refractivity (Wildman–Crippen MR) is 101 cm³/mol. The van der Waals surface area contributed by atoms with Crippen molar-refractivity contribution in [2.75, 3.05) is 37.0 Å². The Morgan fingerprint density at radius 3 is 2.46 bits per heavy atom. The SMILES string of the molecule is Cc1cccc(NC(=O)C[NH+](C)CC(=O)N[C@@]2(C)CCS(=O)(=O)C2)c1C. The molecule has 26 heavy (non-hydrogen) atoms. The van der Waals surface area contributed by atoms with E-state index in [0.717, 1.165) is 21.7 Å². The normalized spacial score (nSPS) is 22.6. The number of anilines is 1. The highest BCUT2D eigenvalue weighted by atomic mass is 32.2. The Balaban J connectivity index is 1.84. The van der Waals surface area contributed by atoms with E-state index < -0.39 is 15.4 Å². The van der Waals surface area contributed by atoms with Crippen LogP contribution in [0.15, 0.2) is 18.2 Å². The molecular weight excluding hydrogens is 354 g/mol. The van der Waals surface area contributed by atoms with Gasteiger partial charge in [0.15, 0.2) is 22.9 Å². The molecule has 1 aliphatic heterocycles. The Morgan fingerprint density at radius 2 is 1.85 bits per heavy atom. The van der Waals surface area contributed by atoms with E-state index >= 15 is 0 Å². The molecule has 2 atom stereocenters. The molecule has 1 aromatic rings. The minimum atomic E-state index is -3.07. The summed E-state index contributed by atoms with van der Waals surface area (Å²) in [5.74, 6) is -0.344. The molecule has 1 fully saturated rings. The fourth-order valence-corrected chi connectivity index (χ4v) is 5.27. The van der Waals surface area contributed by atoms with E-state index in [9.17, 15) is 18.0 Å². The third-order valence-electron chi connectivity index (χ3n) is 4.75. The third kappa shape index (κ3) is 5.54. The zero-order chi connectivity index (χ0) is 19.5. The minimum absolute atomic E-state index is 0.0299. The molecule has 7 nitrogen and oxygen atoms in total. The number of likely N-dealkylation sites (N-methyl/N-ethyl adjacent to an activating group) is 1. The lowest BCUT2D eigenvalue weighted by Gasteiger charge is -2.24. The predicted octanol–water partition coefficient (Wildman–Crippen LogP) is -0.550. The second-order valence-electron chi connectivity index (χ2n) is 7.56. The van der Waals surface area contributed by atoms with Crippen LogP contribution in [0.2, 0.25) is 0 Å². The smallest absolute Gasteiger partial charge is 0.279 e. The quantitative estimate of drug-likeness (QED) is 0.615. The summed E-state index contributed by atoms with van der Waals surface area (Å²) in [6.45, 7) is 5.94. The first-order chi connectivity index (χ1) is 12.0. The summed E-state index contributed by atoms with van der Waals surface area (Å²) in [7, 11) is -1.31. The van der Waals surface area contributed by atoms with Crippen LogP contribution in [-0.2, 0) is 19.4 Å². The highest BCUT2D eigenvalue weighted by Gasteiger charge is 2.39. The summed E-state index contributed by atoms with van der Waals surface area (Å²) in [5.41, 5.74) is 2.18. The fourth-order valence-electron chi connectivity index (χ4n) is 3.18. The molecule has 0 aliphatic carbocycles. The van der Waals surface area contributed by atoms with E-state index in [1.165, 1.54) is 0 Å². The lowest BCUT2D eigenvalue weighted by Crippen LogP contribution is -3.11. The molecule has 3 N–H and O–H groups in total. The summed E-state index contributed by atoms with van der Waals surface area (Å²) in [6, 6.07) is 5.72. The van der Waals surface area contributed by atoms with Crippen LogP contribution in [0.1, 0.15) is 24.5 Å². The van der Waals surface area contributed by atoms with Gasteiger partial charge in [0.25, 0.3) is 11.8 Å². The van der Waals surface area contributed by atoms with Crippen LogP contribution in [0.5, 0.6) is 0 Å². The van der Waals surface area contributed by atoms with Crippen LogP contribution in [0.3, 0.4) is 0 Å². The zero-order valence-electron chi connectivity index (χ0n) is 15.8. The third-order valence-corrected chi connectivity index (χ3v) is 6.65. The zero-order valence-corrected chi connectivity index (χ0v) is 16.6. The van der Waals surface area contributed by atoms with Crippen molar-refractivity contribution in [2.24, 2.45) is 0 Å². The molecule has 8 heteroatoms. The van der Waals surface area contributed by atoms with Gasteiger partial charge < -0.3 is 15.5 Å². The molecule has 144 valence electrons. The van der Waals surface area contributed by atoms with E-state index in [0.29, 0.717) is 6.42 Å². The summed E-state index contributed by atoms with van der Waals surface area (Å²) < 4.78 is 23.2. The summed E-state index contributed by atoms with van der Waals surface area (Å²) in [5, 5.41) is 5.69.